The van der Waals surface area contributed by atoms with Crippen molar-refractivity contribution in [2.75, 3.05) is 0 Å². The largest absolute Gasteiger partial charge is 0.350 e. The van der Waals surface area contributed by atoms with Crippen LogP contribution in [0.15, 0.2) is 42.7 Å². The Balaban J connectivity index is 2.36. The van der Waals surface area contributed by atoms with Gasteiger partial charge in [-0.05, 0) is 31.2 Å². The summed E-state index contributed by atoms with van der Waals surface area (Å²) in [6.45, 7) is 4.41. The topological polar surface area (TPSA) is 7.76 Å². The van der Waals surface area contributed by atoms with Crippen LogP contribution in [0.5, 0.6) is 0 Å². The molecule has 82 valence electrons. The molecule has 0 fully saturated rings. The SMILES string of the molecule is Cc1cc2ccc3ccc[n+]4c3c2[n+](c1)C4C. The summed E-state index contributed by atoms with van der Waals surface area (Å²) >= 11 is 0. The van der Waals surface area contributed by atoms with E-state index in [1.54, 1.807) is 0 Å². The van der Waals surface area contributed by atoms with Gasteiger partial charge in [0.2, 0.25) is 0 Å². The Morgan fingerprint density at radius 2 is 1.76 bits per heavy atom. The number of pyridine rings is 2. The van der Waals surface area contributed by atoms with E-state index >= 15 is 0 Å². The van der Waals surface area contributed by atoms with Crippen molar-refractivity contribution in [3.8, 4) is 0 Å². The average Bonchev–Trinajstić information content (AvgIpc) is 2.62. The summed E-state index contributed by atoms with van der Waals surface area (Å²) in [5, 5.41) is 2.66. The predicted molar refractivity (Wildman–Crippen MR) is 66.7 cm³/mol. The molecule has 1 aliphatic rings. The molecule has 1 atom stereocenters. The van der Waals surface area contributed by atoms with Gasteiger partial charge in [0.15, 0.2) is 12.4 Å². The summed E-state index contributed by atoms with van der Waals surface area (Å²) in [5.41, 5.74) is 4.04. The molecule has 1 aliphatic heterocycles. The highest BCUT2D eigenvalue weighted by atomic mass is 15.2. The van der Waals surface area contributed by atoms with Gasteiger partial charge in [-0.2, -0.15) is 0 Å². The van der Waals surface area contributed by atoms with Crippen LogP contribution in [0.4, 0.5) is 0 Å². The molecule has 1 unspecified atom stereocenters. The minimum absolute atomic E-state index is 0.374. The van der Waals surface area contributed by atoms with Gasteiger partial charge in [-0.3, -0.25) is 0 Å². The van der Waals surface area contributed by atoms with Crippen molar-refractivity contribution in [1.29, 1.82) is 0 Å². The maximum absolute atomic E-state index is 2.38. The number of aryl methyl sites for hydroxylation is 1. The molecule has 0 spiro atoms. The third-order valence-corrected chi connectivity index (χ3v) is 3.78. The Kier molecular flexibility index (Phi) is 1.52. The average molecular weight is 222 g/mol. The van der Waals surface area contributed by atoms with Crippen LogP contribution in [-0.2, 0) is 0 Å². The lowest BCUT2D eigenvalue weighted by Crippen LogP contribution is -2.50. The Labute approximate surface area is 99.7 Å². The first-order valence-corrected chi connectivity index (χ1v) is 6.04. The molecule has 2 nitrogen and oxygen atoms in total. The zero-order valence-corrected chi connectivity index (χ0v) is 10.0. The molecule has 3 aromatic rings. The van der Waals surface area contributed by atoms with Gasteiger partial charge in [-0.15, -0.1) is 9.13 Å². The van der Waals surface area contributed by atoms with Gasteiger partial charge in [0, 0.05) is 11.6 Å². The Hall–Kier alpha value is -1.96. The third kappa shape index (κ3) is 1.00. The molecule has 1 aromatic carbocycles. The summed E-state index contributed by atoms with van der Waals surface area (Å²) in [4.78, 5) is 0. The molecule has 0 saturated heterocycles. The second-order valence-corrected chi connectivity index (χ2v) is 4.91. The summed E-state index contributed by atoms with van der Waals surface area (Å²) in [6, 6.07) is 11.0. The summed E-state index contributed by atoms with van der Waals surface area (Å²) in [5.74, 6) is 0. The van der Waals surface area contributed by atoms with E-state index in [1.807, 2.05) is 0 Å². The van der Waals surface area contributed by atoms with Crippen LogP contribution in [0.3, 0.4) is 0 Å². The van der Waals surface area contributed by atoms with E-state index in [4.69, 9.17) is 0 Å². The first-order valence-electron chi connectivity index (χ1n) is 6.04. The van der Waals surface area contributed by atoms with Crippen LogP contribution < -0.4 is 9.13 Å². The molecule has 0 amide bonds. The van der Waals surface area contributed by atoms with Crippen LogP contribution in [0.25, 0.3) is 21.8 Å². The maximum Gasteiger partial charge on any atom is 0.350 e. The van der Waals surface area contributed by atoms with Gasteiger partial charge < -0.3 is 0 Å². The highest BCUT2D eigenvalue weighted by Crippen LogP contribution is 2.25. The van der Waals surface area contributed by atoms with E-state index in [9.17, 15) is 0 Å². The van der Waals surface area contributed by atoms with Gasteiger partial charge in [0.05, 0.1) is 17.7 Å². The lowest BCUT2D eigenvalue weighted by atomic mass is 10.1. The Morgan fingerprint density at radius 3 is 2.65 bits per heavy atom. The van der Waals surface area contributed by atoms with Gasteiger partial charge in [0.25, 0.3) is 11.0 Å². The van der Waals surface area contributed by atoms with Crippen LogP contribution in [0, 0.1) is 6.92 Å². The van der Waals surface area contributed by atoms with Crippen LogP contribution in [0.1, 0.15) is 18.7 Å². The van der Waals surface area contributed by atoms with Crippen molar-refractivity contribution in [3.05, 3.63) is 48.3 Å². The van der Waals surface area contributed by atoms with Crippen molar-refractivity contribution < 1.29 is 9.13 Å². The molecule has 17 heavy (non-hydrogen) atoms. The number of nitrogens with zero attached hydrogens (tertiary/aromatic N) is 2. The van der Waals surface area contributed by atoms with E-state index in [1.165, 1.54) is 27.4 Å². The van der Waals surface area contributed by atoms with Crippen molar-refractivity contribution in [1.82, 2.24) is 0 Å². The summed E-state index contributed by atoms with van der Waals surface area (Å²) < 4.78 is 4.74. The molecular weight excluding hydrogens is 208 g/mol. The van der Waals surface area contributed by atoms with E-state index in [-0.39, 0.29) is 0 Å². The number of benzene rings is 1. The predicted octanol–water partition coefficient (Wildman–Crippen LogP) is 2.26. The molecule has 3 heterocycles. The number of rotatable bonds is 0. The Bertz CT molecular complexity index is 775. The van der Waals surface area contributed by atoms with Gasteiger partial charge in [0.1, 0.15) is 0 Å². The van der Waals surface area contributed by atoms with Gasteiger partial charge in [-0.1, -0.05) is 0 Å². The minimum atomic E-state index is 0.374. The van der Waals surface area contributed by atoms with E-state index in [0.717, 1.165) is 0 Å². The fraction of sp³-hybridized carbons (Fsp3) is 0.200. The number of hydrogen-bond acceptors (Lipinski definition) is 0. The van der Waals surface area contributed by atoms with Crippen molar-refractivity contribution in [2.45, 2.75) is 20.0 Å². The standard InChI is InChI=1S/C15H14N2/c1-10-8-13-6-5-12-4-3-7-16-11(2)17(9-10)15(13)14(12)16/h3-9,11H,1-2H3/q+2. The first-order chi connectivity index (χ1) is 8.25. The molecule has 0 radical (unpaired) electrons. The Morgan fingerprint density at radius 1 is 1.00 bits per heavy atom. The minimum Gasteiger partial charge on any atom is -0.131 e. The second kappa shape index (κ2) is 2.83. The van der Waals surface area contributed by atoms with E-state index in [0.29, 0.717) is 6.17 Å². The lowest BCUT2D eigenvalue weighted by molar-refractivity contribution is -0.902. The molecule has 2 aromatic heterocycles. The normalized spacial score (nSPS) is 17.4. The monoisotopic (exact) mass is 222 g/mol. The van der Waals surface area contributed by atoms with E-state index in [2.05, 4.69) is 65.7 Å². The molecule has 0 bridgehead atoms. The maximum atomic E-state index is 2.38. The summed E-state index contributed by atoms with van der Waals surface area (Å²) in [6.07, 6.45) is 4.80. The van der Waals surface area contributed by atoms with Crippen molar-refractivity contribution >= 4 is 21.8 Å². The number of aromatic nitrogens is 2. The molecule has 2 heteroatoms. The highest BCUT2D eigenvalue weighted by molar-refractivity contribution is 5.99. The fourth-order valence-electron chi connectivity index (χ4n) is 3.03. The lowest BCUT2D eigenvalue weighted by Gasteiger charge is -1.97. The van der Waals surface area contributed by atoms with Crippen molar-refractivity contribution in [3.63, 3.8) is 0 Å². The second-order valence-electron chi connectivity index (χ2n) is 4.91. The molecule has 0 N–H and O–H groups in total. The van der Waals surface area contributed by atoms with Gasteiger partial charge >= 0.3 is 6.17 Å². The fourth-order valence-corrected chi connectivity index (χ4v) is 3.03. The molecule has 4 rings (SSSR count). The number of hydrogen-bond donors (Lipinski definition) is 0. The van der Waals surface area contributed by atoms with Crippen LogP contribution in [0.2, 0.25) is 0 Å². The molecular formula is C15H14N2+2. The first kappa shape index (κ1) is 9.11. The van der Waals surface area contributed by atoms with E-state index < -0.39 is 0 Å². The van der Waals surface area contributed by atoms with Gasteiger partial charge in [-0.25, -0.2) is 0 Å². The summed E-state index contributed by atoms with van der Waals surface area (Å²) in [7, 11) is 0. The quantitative estimate of drug-likeness (QED) is 0.407. The van der Waals surface area contributed by atoms with Crippen molar-refractivity contribution in [2.24, 2.45) is 0 Å². The molecule has 0 aliphatic carbocycles. The smallest absolute Gasteiger partial charge is 0.131 e. The zero-order valence-electron chi connectivity index (χ0n) is 10.0. The molecule has 0 saturated carbocycles. The highest BCUT2D eigenvalue weighted by Gasteiger charge is 2.37. The van der Waals surface area contributed by atoms with Crippen LogP contribution >= 0.6 is 0 Å². The van der Waals surface area contributed by atoms with Crippen LogP contribution in [-0.4, -0.2) is 0 Å². The zero-order chi connectivity index (χ0) is 11.6. The third-order valence-electron chi connectivity index (χ3n) is 3.78.